The van der Waals surface area contributed by atoms with Gasteiger partial charge in [-0.15, -0.1) is 11.8 Å². The Morgan fingerprint density at radius 3 is 2.90 bits per heavy atom. The number of aryl methyl sites for hydroxylation is 1. The predicted molar refractivity (Wildman–Crippen MR) is 92.3 cm³/mol. The summed E-state index contributed by atoms with van der Waals surface area (Å²) in [5, 5.41) is 3.36. The number of rotatable bonds is 2. The molecule has 2 aromatic rings. The molecular formula is C16H13BrClNOS. The van der Waals surface area contributed by atoms with Gasteiger partial charge in [-0.1, -0.05) is 45.2 Å². The first-order valence-electron chi connectivity index (χ1n) is 6.55. The van der Waals surface area contributed by atoms with Crippen LogP contribution in [0.3, 0.4) is 0 Å². The minimum atomic E-state index is -0.0958. The third-order valence-corrected chi connectivity index (χ3v) is 5.48. The van der Waals surface area contributed by atoms with Gasteiger partial charge in [-0.25, -0.2) is 0 Å². The van der Waals surface area contributed by atoms with E-state index in [1.54, 1.807) is 23.9 Å². The first kappa shape index (κ1) is 14.9. The highest BCUT2D eigenvalue weighted by atomic mass is 79.9. The van der Waals surface area contributed by atoms with Crippen LogP contribution in [0.15, 0.2) is 45.8 Å². The van der Waals surface area contributed by atoms with Gasteiger partial charge in [-0.05, 0) is 43.2 Å². The van der Waals surface area contributed by atoms with Crippen molar-refractivity contribution in [1.82, 2.24) is 0 Å². The maximum Gasteiger partial charge on any atom is 0.238 e. The summed E-state index contributed by atoms with van der Waals surface area (Å²) in [6, 6.07) is 11.8. The smallest absolute Gasteiger partial charge is 0.238 e. The van der Waals surface area contributed by atoms with Gasteiger partial charge in [0.15, 0.2) is 0 Å². The van der Waals surface area contributed by atoms with E-state index in [1.807, 2.05) is 6.07 Å². The van der Waals surface area contributed by atoms with Crippen molar-refractivity contribution in [2.45, 2.75) is 23.5 Å². The van der Waals surface area contributed by atoms with Crippen molar-refractivity contribution in [1.29, 1.82) is 0 Å². The van der Waals surface area contributed by atoms with E-state index in [-0.39, 0.29) is 11.2 Å². The van der Waals surface area contributed by atoms with Crippen molar-refractivity contribution in [2.75, 3.05) is 5.32 Å². The zero-order chi connectivity index (χ0) is 15.0. The van der Waals surface area contributed by atoms with Crippen LogP contribution < -0.4 is 5.32 Å². The van der Waals surface area contributed by atoms with Gasteiger partial charge in [0, 0.05) is 9.37 Å². The quantitative estimate of drug-likeness (QED) is 0.786. The van der Waals surface area contributed by atoms with E-state index in [9.17, 15) is 4.79 Å². The topological polar surface area (TPSA) is 29.1 Å². The second-order valence-corrected chi connectivity index (χ2v) is 7.60. The molecular weight excluding hydrogens is 370 g/mol. The monoisotopic (exact) mass is 381 g/mol. The standard InChI is InChI=1S/C16H13BrClNOS/c1-9-2-3-10-7-15(21-14(10)6-9)16(20)19-13-5-4-11(17)8-12(13)18/h2-6,8,15H,7H2,1H3,(H,19,20). The molecule has 1 unspecified atom stereocenters. The minimum Gasteiger partial charge on any atom is -0.324 e. The maximum absolute atomic E-state index is 12.4. The van der Waals surface area contributed by atoms with Gasteiger partial charge >= 0.3 is 0 Å². The van der Waals surface area contributed by atoms with E-state index in [4.69, 9.17) is 11.6 Å². The molecule has 1 aliphatic heterocycles. The van der Waals surface area contributed by atoms with E-state index in [0.29, 0.717) is 10.7 Å². The Morgan fingerprint density at radius 2 is 2.14 bits per heavy atom. The number of anilines is 1. The lowest BCUT2D eigenvalue weighted by molar-refractivity contribution is -0.115. The summed E-state index contributed by atoms with van der Waals surface area (Å²) in [5.41, 5.74) is 3.11. The van der Waals surface area contributed by atoms with Crippen LogP contribution in [0.2, 0.25) is 5.02 Å². The molecule has 1 N–H and O–H groups in total. The van der Waals surface area contributed by atoms with Crippen LogP contribution in [0.4, 0.5) is 5.69 Å². The van der Waals surface area contributed by atoms with Crippen LogP contribution >= 0.6 is 39.3 Å². The van der Waals surface area contributed by atoms with Crippen molar-refractivity contribution >= 4 is 50.9 Å². The molecule has 0 bridgehead atoms. The molecule has 0 radical (unpaired) electrons. The van der Waals surface area contributed by atoms with Crippen LogP contribution in [-0.4, -0.2) is 11.2 Å². The molecule has 108 valence electrons. The summed E-state index contributed by atoms with van der Waals surface area (Å²) in [5.74, 6) is -0.00178. The number of thioether (sulfide) groups is 1. The summed E-state index contributed by atoms with van der Waals surface area (Å²) >= 11 is 11.1. The van der Waals surface area contributed by atoms with Crippen LogP contribution in [-0.2, 0) is 11.2 Å². The van der Waals surface area contributed by atoms with Gasteiger partial charge in [-0.3, -0.25) is 4.79 Å². The Morgan fingerprint density at radius 1 is 1.33 bits per heavy atom. The molecule has 0 aromatic heterocycles. The van der Waals surface area contributed by atoms with E-state index < -0.39 is 0 Å². The molecule has 5 heteroatoms. The van der Waals surface area contributed by atoms with E-state index in [1.165, 1.54) is 16.0 Å². The van der Waals surface area contributed by atoms with Gasteiger partial charge in [0.1, 0.15) is 0 Å². The molecule has 0 aliphatic carbocycles. The van der Waals surface area contributed by atoms with Crippen molar-refractivity contribution in [3.63, 3.8) is 0 Å². The molecule has 3 rings (SSSR count). The van der Waals surface area contributed by atoms with Crippen molar-refractivity contribution in [3.05, 3.63) is 57.0 Å². The molecule has 0 saturated heterocycles. The van der Waals surface area contributed by atoms with Crippen LogP contribution in [0, 0.1) is 6.92 Å². The van der Waals surface area contributed by atoms with E-state index >= 15 is 0 Å². The van der Waals surface area contributed by atoms with E-state index in [0.717, 1.165) is 10.9 Å². The lowest BCUT2D eigenvalue weighted by Crippen LogP contribution is -2.24. The normalized spacial score (nSPS) is 16.6. The first-order chi connectivity index (χ1) is 10.0. The molecule has 1 heterocycles. The molecule has 0 fully saturated rings. The summed E-state index contributed by atoms with van der Waals surface area (Å²) in [6.45, 7) is 2.07. The molecule has 2 aromatic carbocycles. The fourth-order valence-electron chi connectivity index (χ4n) is 2.29. The fourth-order valence-corrected chi connectivity index (χ4v) is 4.30. The fraction of sp³-hybridized carbons (Fsp3) is 0.188. The Hall–Kier alpha value is -0.970. The molecule has 1 atom stereocenters. The number of amides is 1. The third kappa shape index (κ3) is 3.28. The molecule has 0 saturated carbocycles. The van der Waals surface area contributed by atoms with Crippen molar-refractivity contribution < 1.29 is 4.79 Å². The Bertz CT molecular complexity index is 719. The average Bonchev–Trinajstić information content (AvgIpc) is 2.85. The lowest BCUT2D eigenvalue weighted by Gasteiger charge is -2.11. The van der Waals surface area contributed by atoms with Crippen LogP contribution in [0.25, 0.3) is 0 Å². The molecule has 21 heavy (non-hydrogen) atoms. The Labute approximate surface area is 141 Å². The zero-order valence-electron chi connectivity index (χ0n) is 11.3. The molecule has 1 amide bonds. The maximum atomic E-state index is 12.4. The Balaban J connectivity index is 1.73. The highest BCUT2D eigenvalue weighted by Gasteiger charge is 2.28. The summed E-state index contributed by atoms with van der Waals surface area (Å²) < 4.78 is 0.892. The van der Waals surface area contributed by atoms with Crippen molar-refractivity contribution in [2.24, 2.45) is 0 Å². The minimum absolute atomic E-state index is 0.00178. The van der Waals surface area contributed by atoms with Gasteiger partial charge in [0.05, 0.1) is 16.0 Å². The summed E-state index contributed by atoms with van der Waals surface area (Å²) in [6.07, 6.45) is 0.764. The number of carbonyl (C=O) groups is 1. The van der Waals surface area contributed by atoms with Gasteiger partial charge in [0.25, 0.3) is 0 Å². The number of fused-ring (bicyclic) bond motifs is 1. The summed E-state index contributed by atoms with van der Waals surface area (Å²) in [7, 11) is 0. The lowest BCUT2D eigenvalue weighted by atomic mass is 10.1. The third-order valence-electron chi connectivity index (χ3n) is 3.38. The number of nitrogens with one attached hydrogen (secondary N) is 1. The number of hydrogen-bond acceptors (Lipinski definition) is 2. The average molecular weight is 383 g/mol. The number of carbonyl (C=O) groups excluding carboxylic acids is 1. The number of halogens is 2. The molecule has 2 nitrogen and oxygen atoms in total. The first-order valence-corrected chi connectivity index (χ1v) is 8.60. The second kappa shape index (κ2) is 6.03. The summed E-state index contributed by atoms with van der Waals surface area (Å²) in [4.78, 5) is 13.6. The van der Waals surface area contributed by atoms with Gasteiger partial charge < -0.3 is 5.32 Å². The SMILES string of the molecule is Cc1ccc2c(c1)SC(C(=O)Nc1ccc(Br)cc1Cl)C2. The number of hydrogen-bond donors (Lipinski definition) is 1. The second-order valence-electron chi connectivity index (χ2n) is 5.04. The highest BCUT2D eigenvalue weighted by Crippen LogP contribution is 2.38. The largest absolute Gasteiger partial charge is 0.324 e. The molecule has 0 spiro atoms. The molecule has 1 aliphatic rings. The highest BCUT2D eigenvalue weighted by molar-refractivity contribution is 9.10. The zero-order valence-corrected chi connectivity index (χ0v) is 14.5. The Kier molecular flexibility index (Phi) is 4.29. The predicted octanol–water partition coefficient (Wildman–Crippen LogP) is 5.07. The number of benzene rings is 2. The van der Waals surface area contributed by atoms with Crippen LogP contribution in [0.1, 0.15) is 11.1 Å². The van der Waals surface area contributed by atoms with Crippen LogP contribution in [0.5, 0.6) is 0 Å². The van der Waals surface area contributed by atoms with Gasteiger partial charge in [0.2, 0.25) is 5.91 Å². The van der Waals surface area contributed by atoms with Crippen molar-refractivity contribution in [3.8, 4) is 0 Å². The van der Waals surface area contributed by atoms with E-state index in [2.05, 4.69) is 46.4 Å². The van der Waals surface area contributed by atoms with Gasteiger partial charge in [-0.2, -0.15) is 0 Å².